The van der Waals surface area contributed by atoms with Crippen molar-refractivity contribution in [3.05, 3.63) is 42.2 Å². The molecule has 0 unspecified atom stereocenters. The van der Waals surface area contributed by atoms with Gasteiger partial charge in [-0.25, -0.2) is 0 Å². The maximum atomic E-state index is 12.0. The molecule has 1 aromatic carbocycles. The molecule has 2 aromatic rings. The molecule has 23 heavy (non-hydrogen) atoms. The number of aromatic nitrogens is 2. The molecule has 1 heterocycles. The van der Waals surface area contributed by atoms with Gasteiger partial charge in [0, 0.05) is 25.4 Å². The Hall–Kier alpha value is -2.50. The van der Waals surface area contributed by atoms with E-state index >= 15 is 0 Å². The van der Waals surface area contributed by atoms with Crippen LogP contribution in [0.4, 0.5) is 0 Å². The highest BCUT2D eigenvalue weighted by atomic mass is 16.5. The van der Waals surface area contributed by atoms with Crippen molar-refractivity contribution < 1.29 is 14.3 Å². The quantitative estimate of drug-likeness (QED) is 0.812. The third-order valence-electron chi connectivity index (χ3n) is 3.47. The number of carbonyl (C=O) groups excluding carboxylic acids is 1. The van der Waals surface area contributed by atoms with E-state index in [0.29, 0.717) is 31.1 Å². The van der Waals surface area contributed by atoms with Crippen LogP contribution < -0.4 is 14.8 Å². The Balaban J connectivity index is 1.88. The summed E-state index contributed by atoms with van der Waals surface area (Å²) in [5.74, 6) is 1.36. The van der Waals surface area contributed by atoms with E-state index in [1.54, 1.807) is 18.0 Å². The summed E-state index contributed by atoms with van der Waals surface area (Å²) >= 11 is 0. The number of amides is 1. The van der Waals surface area contributed by atoms with E-state index in [4.69, 9.17) is 9.47 Å². The second kappa shape index (κ2) is 8.22. The van der Waals surface area contributed by atoms with E-state index in [2.05, 4.69) is 10.4 Å². The minimum absolute atomic E-state index is 0.0131. The molecule has 0 saturated heterocycles. The summed E-state index contributed by atoms with van der Waals surface area (Å²) < 4.78 is 12.6. The first-order valence-corrected chi connectivity index (χ1v) is 7.69. The predicted molar refractivity (Wildman–Crippen MR) is 87.6 cm³/mol. The summed E-state index contributed by atoms with van der Waals surface area (Å²) in [6, 6.07) is 7.53. The average molecular weight is 317 g/mol. The van der Waals surface area contributed by atoms with Crippen LogP contribution in [0.15, 0.2) is 36.7 Å². The molecule has 0 radical (unpaired) electrons. The first-order chi connectivity index (χ1) is 11.1. The van der Waals surface area contributed by atoms with Crippen molar-refractivity contribution in [3.63, 3.8) is 0 Å². The molecule has 1 amide bonds. The summed E-state index contributed by atoms with van der Waals surface area (Å²) in [5, 5.41) is 7.06. The van der Waals surface area contributed by atoms with Gasteiger partial charge in [0.25, 0.3) is 0 Å². The number of ether oxygens (including phenoxy) is 2. The van der Waals surface area contributed by atoms with Crippen molar-refractivity contribution in [3.8, 4) is 11.5 Å². The molecule has 1 N–H and O–H groups in total. The maximum absolute atomic E-state index is 12.0. The summed E-state index contributed by atoms with van der Waals surface area (Å²) in [7, 11) is 1.60. The van der Waals surface area contributed by atoms with Crippen LogP contribution in [0.25, 0.3) is 0 Å². The van der Waals surface area contributed by atoms with Crippen LogP contribution in [-0.4, -0.2) is 29.4 Å². The summed E-state index contributed by atoms with van der Waals surface area (Å²) in [5.41, 5.74) is 0.963. The fourth-order valence-corrected chi connectivity index (χ4v) is 2.27. The van der Waals surface area contributed by atoms with E-state index in [9.17, 15) is 4.79 Å². The second-order valence-electron chi connectivity index (χ2n) is 5.23. The molecule has 0 spiro atoms. The lowest BCUT2D eigenvalue weighted by molar-refractivity contribution is -0.122. The van der Waals surface area contributed by atoms with E-state index < -0.39 is 0 Å². The normalized spacial score (nSPS) is 11.8. The number of hydrogen-bond acceptors (Lipinski definition) is 4. The highest BCUT2D eigenvalue weighted by molar-refractivity contribution is 5.76. The Labute approximate surface area is 136 Å². The molecule has 0 aliphatic rings. The Morgan fingerprint density at radius 1 is 1.39 bits per heavy atom. The van der Waals surface area contributed by atoms with Gasteiger partial charge in [0.2, 0.25) is 5.91 Å². The van der Waals surface area contributed by atoms with E-state index in [0.717, 1.165) is 5.56 Å². The number of nitrogens with zero attached hydrogens (tertiary/aromatic N) is 2. The van der Waals surface area contributed by atoms with Crippen LogP contribution in [0.1, 0.15) is 31.9 Å². The second-order valence-corrected chi connectivity index (χ2v) is 5.23. The molecule has 0 saturated carbocycles. The summed E-state index contributed by atoms with van der Waals surface area (Å²) in [4.78, 5) is 12.0. The molecule has 0 aliphatic carbocycles. The van der Waals surface area contributed by atoms with E-state index in [1.165, 1.54) is 0 Å². The summed E-state index contributed by atoms with van der Waals surface area (Å²) in [6.07, 6.45) is 3.95. The van der Waals surface area contributed by atoms with Crippen molar-refractivity contribution in [2.24, 2.45) is 0 Å². The highest BCUT2D eigenvalue weighted by Crippen LogP contribution is 2.27. The maximum Gasteiger partial charge on any atom is 0.222 e. The third kappa shape index (κ3) is 4.74. The molecule has 0 bridgehead atoms. The first kappa shape index (κ1) is 16.9. The minimum Gasteiger partial charge on any atom is -0.493 e. The molecule has 2 rings (SSSR count). The number of hydrogen-bond donors (Lipinski definition) is 1. The average Bonchev–Trinajstić information content (AvgIpc) is 3.08. The van der Waals surface area contributed by atoms with Crippen LogP contribution in [0.3, 0.4) is 0 Å². The smallest absolute Gasteiger partial charge is 0.222 e. The van der Waals surface area contributed by atoms with Crippen molar-refractivity contribution >= 4 is 5.91 Å². The minimum atomic E-state index is -0.0131. The van der Waals surface area contributed by atoms with E-state index in [1.807, 2.05) is 44.3 Å². The SMILES string of the molecule is CCOc1ccc(CNC(=O)C[C@@H](C)n2cccn2)cc1OC. The van der Waals surface area contributed by atoms with Crippen molar-refractivity contribution in [2.45, 2.75) is 32.9 Å². The van der Waals surface area contributed by atoms with Crippen LogP contribution in [0.2, 0.25) is 0 Å². The third-order valence-corrected chi connectivity index (χ3v) is 3.47. The van der Waals surface area contributed by atoms with Gasteiger partial charge in [0.15, 0.2) is 11.5 Å². The molecule has 0 fully saturated rings. The molecule has 124 valence electrons. The number of benzene rings is 1. The van der Waals surface area contributed by atoms with E-state index in [-0.39, 0.29) is 11.9 Å². The number of nitrogens with one attached hydrogen (secondary N) is 1. The van der Waals surface area contributed by atoms with Crippen molar-refractivity contribution in [1.82, 2.24) is 15.1 Å². The molecule has 6 heteroatoms. The first-order valence-electron chi connectivity index (χ1n) is 7.69. The lowest BCUT2D eigenvalue weighted by atomic mass is 10.2. The Bertz CT molecular complexity index is 626. The lowest BCUT2D eigenvalue weighted by Gasteiger charge is -2.13. The van der Waals surface area contributed by atoms with Crippen molar-refractivity contribution in [1.29, 1.82) is 0 Å². The number of carbonyl (C=O) groups is 1. The molecule has 0 aliphatic heterocycles. The number of methoxy groups -OCH3 is 1. The van der Waals surface area contributed by atoms with Gasteiger partial charge >= 0.3 is 0 Å². The fraction of sp³-hybridized carbons (Fsp3) is 0.412. The van der Waals surface area contributed by atoms with Gasteiger partial charge < -0.3 is 14.8 Å². The predicted octanol–water partition coefficient (Wildman–Crippen LogP) is 2.56. The Kier molecular flexibility index (Phi) is 6.02. The van der Waals surface area contributed by atoms with Crippen LogP contribution in [-0.2, 0) is 11.3 Å². The molecule has 1 aromatic heterocycles. The van der Waals surface area contributed by atoms with Crippen LogP contribution in [0, 0.1) is 0 Å². The van der Waals surface area contributed by atoms with Gasteiger partial charge in [-0.05, 0) is 37.6 Å². The van der Waals surface area contributed by atoms with Gasteiger partial charge in [0.1, 0.15) is 0 Å². The lowest BCUT2D eigenvalue weighted by Crippen LogP contribution is -2.25. The molecular weight excluding hydrogens is 294 g/mol. The molecule has 6 nitrogen and oxygen atoms in total. The van der Waals surface area contributed by atoms with Crippen LogP contribution >= 0.6 is 0 Å². The highest BCUT2D eigenvalue weighted by Gasteiger charge is 2.11. The molecular formula is C17H23N3O3. The summed E-state index contributed by atoms with van der Waals surface area (Å²) in [6.45, 7) is 4.92. The molecule has 1 atom stereocenters. The zero-order chi connectivity index (χ0) is 16.7. The van der Waals surface area contributed by atoms with Crippen LogP contribution in [0.5, 0.6) is 11.5 Å². The monoisotopic (exact) mass is 317 g/mol. The standard InChI is InChI=1S/C17H23N3O3/c1-4-23-15-7-6-14(11-16(15)22-3)12-18-17(21)10-13(2)20-9-5-8-19-20/h5-9,11,13H,4,10,12H2,1-3H3,(H,18,21)/t13-/m1/s1. The number of rotatable bonds is 8. The zero-order valence-corrected chi connectivity index (χ0v) is 13.8. The van der Waals surface area contributed by atoms with Crippen molar-refractivity contribution in [2.75, 3.05) is 13.7 Å². The topological polar surface area (TPSA) is 65.4 Å². The largest absolute Gasteiger partial charge is 0.493 e. The fourth-order valence-electron chi connectivity index (χ4n) is 2.27. The van der Waals surface area contributed by atoms with Gasteiger partial charge in [0.05, 0.1) is 19.8 Å². The Morgan fingerprint density at radius 3 is 2.87 bits per heavy atom. The Morgan fingerprint density at radius 2 is 2.22 bits per heavy atom. The zero-order valence-electron chi connectivity index (χ0n) is 13.8. The van der Waals surface area contributed by atoms with Gasteiger partial charge in [-0.3, -0.25) is 9.48 Å². The van der Waals surface area contributed by atoms with Gasteiger partial charge in [-0.1, -0.05) is 6.07 Å². The van der Waals surface area contributed by atoms with Gasteiger partial charge in [-0.2, -0.15) is 5.10 Å². The van der Waals surface area contributed by atoms with Gasteiger partial charge in [-0.15, -0.1) is 0 Å².